The molecule has 0 fully saturated rings. The van der Waals surface area contributed by atoms with E-state index in [1.165, 1.54) is 36.4 Å². The third-order valence-electron chi connectivity index (χ3n) is 4.58. The van der Waals surface area contributed by atoms with Gasteiger partial charge in [0.2, 0.25) is 0 Å². The summed E-state index contributed by atoms with van der Waals surface area (Å²) in [6.45, 7) is 0. The first-order valence-corrected chi connectivity index (χ1v) is 11.5. The van der Waals surface area contributed by atoms with Crippen molar-refractivity contribution in [2.75, 3.05) is 0 Å². The number of nitrogens with one attached hydrogen (secondary N) is 2. The molecule has 0 aliphatic carbocycles. The molecule has 0 aliphatic heterocycles. The van der Waals surface area contributed by atoms with E-state index in [9.17, 15) is 25.9 Å². The van der Waals surface area contributed by atoms with Crippen molar-refractivity contribution < 1.29 is 30.4 Å². The van der Waals surface area contributed by atoms with Crippen molar-refractivity contribution in [2.24, 2.45) is 0 Å². The fourth-order valence-electron chi connectivity index (χ4n) is 3.12. The maximum absolute atomic E-state index is 11.3. The van der Waals surface area contributed by atoms with Crippen molar-refractivity contribution in [2.45, 2.75) is 9.79 Å². The topological polar surface area (TPSA) is 179 Å². The summed E-state index contributed by atoms with van der Waals surface area (Å²) in [6.07, 6.45) is 0. The van der Waals surface area contributed by atoms with Gasteiger partial charge in [-0.25, -0.2) is 9.97 Å². The molecule has 0 spiro atoms. The van der Waals surface area contributed by atoms with Crippen LogP contribution in [-0.4, -0.2) is 45.9 Å². The number of hydrogen-bond acceptors (Lipinski definition) is 7. The summed E-state index contributed by atoms with van der Waals surface area (Å²) in [6, 6.07) is 11.2. The second-order valence-corrected chi connectivity index (χ2v) is 9.49. The highest BCUT2D eigenvalue weighted by molar-refractivity contribution is 7.86. The number of aromatic amines is 2. The van der Waals surface area contributed by atoms with Crippen LogP contribution in [0.3, 0.4) is 0 Å². The quantitative estimate of drug-likeness (QED) is 0.293. The van der Waals surface area contributed by atoms with E-state index in [2.05, 4.69) is 19.9 Å². The second-order valence-electron chi connectivity index (χ2n) is 6.64. The average molecular weight is 460 g/mol. The van der Waals surface area contributed by atoms with Gasteiger partial charge in [-0.3, -0.25) is 9.11 Å². The van der Waals surface area contributed by atoms with Gasteiger partial charge in [0, 0.05) is 0 Å². The van der Waals surface area contributed by atoms with Gasteiger partial charge in [-0.05, 0) is 48.5 Å². The Morgan fingerprint density at radius 1 is 0.677 bits per heavy atom. The van der Waals surface area contributed by atoms with Gasteiger partial charge >= 0.3 is 0 Å². The van der Waals surface area contributed by atoms with Crippen LogP contribution in [0.5, 0.6) is 0 Å². The number of rotatable bonds is 4. The summed E-state index contributed by atoms with van der Waals surface area (Å²) in [4.78, 5) is 14.0. The summed E-state index contributed by atoms with van der Waals surface area (Å²) < 4.78 is 69.4. The fraction of sp³-hybridized carbons (Fsp3) is 0. The Morgan fingerprint density at radius 2 is 1.10 bits per heavy atom. The molecule has 0 unspecified atom stereocenters. The molecule has 0 atom stereocenters. The van der Waals surface area contributed by atoms with E-state index in [4.69, 9.17) is 4.42 Å². The molecular formula is C18H12N4O7S2. The lowest BCUT2D eigenvalue weighted by Crippen LogP contribution is -1.97. The molecule has 3 heterocycles. The maximum atomic E-state index is 11.3. The first-order chi connectivity index (χ1) is 14.6. The van der Waals surface area contributed by atoms with Crippen LogP contribution in [0.1, 0.15) is 0 Å². The highest BCUT2D eigenvalue weighted by Gasteiger charge is 2.17. The Kier molecular flexibility index (Phi) is 4.07. The van der Waals surface area contributed by atoms with Gasteiger partial charge < -0.3 is 14.4 Å². The normalized spacial score (nSPS) is 12.7. The number of fused-ring (bicyclic) bond motifs is 2. The summed E-state index contributed by atoms with van der Waals surface area (Å²) in [5, 5.41) is 0. The molecule has 5 rings (SSSR count). The van der Waals surface area contributed by atoms with Crippen LogP contribution in [0.15, 0.2) is 62.7 Å². The van der Waals surface area contributed by atoms with Crippen molar-refractivity contribution >= 4 is 42.3 Å². The first kappa shape index (κ1) is 19.4. The molecule has 0 radical (unpaired) electrons. The SMILES string of the molecule is O=S(=O)(O)c1ccc2nc(-c3ccc(-c4nc5ccc(S(=O)(=O)O)cc5[nH]4)o3)[nH]c2c1. The van der Waals surface area contributed by atoms with Gasteiger partial charge in [-0.15, -0.1) is 0 Å². The highest BCUT2D eigenvalue weighted by Crippen LogP contribution is 2.29. The van der Waals surface area contributed by atoms with Gasteiger partial charge in [0.05, 0.1) is 31.9 Å². The molecule has 0 saturated carbocycles. The predicted molar refractivity (Wildman–Crippen MR) is 109 cm³/mol. The number of imidazole rings is 2. The van der Waals surface area contributed by atoms with Gasteiger partial charge in [-0.1, -0.05) is 0 Å². The zero-order valence-corrected chi connectivity index (χ0v) is 16.9. The van der Waals surface area contributed by atoms with Crippen LogP contribution in [-0.2, 0) is 20.2 Å². The zero-order valence-electron chi connectivity index (χ0n) is 15.3. The maximum Gasteiger partial charge on any atom is 0.294 e. The molecule has 13 heteroatoms. The first-order valence-electron chi connectivity index (χ1n) is 8.63. The summed E-state index contributed by atoms with van der Waals surface area (Å²) in [5.74, 6) is 1.36. The highest BCUT2D eigenvalue weighted by atomic mass is 32.2. The molecule has 2 aromatic carbocycles. The van der Waals surface area contributed by atoms with E-state index < -0.39 is 20.2 Å². The van der Waals surface area contributed by atoms with Crippen LogP contribution in [0.4, 0.5) is 0 Å². The van der Waals surface area contributed by atoms with Crippen molar-refractivity contribution in [3.05, 3.63) is 48.5 Å². The van der Waals surface area contributed by atoms with Crippen molar-refractivity contribution in [1.29, 1.82) is 0 Å². The lowest BCUT2D eigenvalue weighted by molar-refractivity contribution is 0.481. The molecule has 0 saturated heterocycles. The van der Waals surface area contributed by atoms with Crippen LogP contribution >= 0.6 is 0 Å². The Balaban J connectivity index is 1.52. The largest absolute Gasteiger partial charge is 0.450 e. The van der Waals surface area contributed by atoms with E-state index in [0.717, 1.165) is 0 Å². The average Bonchev–Trinajstić information content (AvgIpc) is 3.41. The molecule has 4 N–H and O–H groups in total. The minimum absolute atomic E-state index is 0.262. The van der Waals surface area contributed by atoms with Gasteiger partial charge in [0.15, 0.2) is 23.2 Å². The Morgan fingerprint density at radius 3 is 1.48 bits per heavy atom. The molecule has 31 heavy (non-hydrogen) atoms. The molecule has 5 aromatic rings. The van der Waals surface area contributed by atoms with E-state index >= 15 is 0 Å². The Hall–Kier alpha value is -3.52. The molecular weight excluding hydrogens is 448 g/mol. The lowest BCUT2D eigenvalue weighted by Gasteiger charge is -1.95. The second kappa shape index (κ2) is 6.49. The number of furan rings is 1. The van der Waals surface area contributed by atoms with Crippen molar-refractivity contribution in [1.82, 2.24) is 19.9 Å². The summed E-state index contributed by atoms with van der Waals surface area (Å²) in [7, 11) is -8.69. The van der Waals surface area contributed by atoms with Crippen LogP contribution in [0.25, 0.3) is 45.2 Å². The zero-order chi connectivity index (χ0) is 22.0. The minimum atomic E-state index is -4.34. The van der Waals surface area contributed by atoms with Gasteiger partial charge in [0.1, 0.15) is 0 Å². The monoisotopic (exact) mass is 460 g/mol. The number of benzene rings is 2. The van der Waals surface area contributed by atoms with Crippen molar-refractivity contribution in [3.8, 4) is 23.2 Å². The molecule has 0 aliphatic rings. The number of H-pyrrole nitrogens is 2. The molecule has 3 aromatic heterocycles. The third-order valence-corrected chi connectivity index (χ3v) is 6.27. The summed E-state index contributed by atoms with van der Waals surface area (Å²) in [5.41, 5.74) is 1.73. The number of hydrogen-bond donors (Lipinski definition) is 4. The third kappa shape index (κ3) is 3.48. The van der Waals surface area contributed by atoms with Crippen LogP contribution < -0.4 is 0 Å². The lowest BCUT2D eigenvalue weighted by atomic mass is 10.3. The Bertz CT molecular complexity index is 1570. The molecule has 158 valence electrons. The van der Waals surface area contributed by atoms with Crippen LogP contribution in [0.2, 0.25) is 0 Å². The molecule has 11 nitrogen and oxygen atoms in total. The van der Waals surface area contributed by atoms with E-state index in [1.807, 2.05) is 0 Å². The minimum Gasteiger partial charge on any atom is -0.450 e. The van der Waals surface area contributed by atoms with E-state index in [-0.39, 0.29) is 9.79 Å². The Labute approximate surface area is 174 Å². The number of nitrogens with zero attached hydrogens (tertiary/aromatic N) is 2. The standard InChI is InChI=1S/C18H12N4O7S2/c23-30(24,25)9-1-3-11-13(7-9)21-17(19-11)15-5-6-16(29-15)18-20-12-4-2-10(31(26,27)28)8-14(12)22-18/h1-8H,(H,19,21)(H,20,22)(H,23,24,25)(H,26,27,28). The van der Waals surface area contributed by atoms with Gasteiger partial charge in [-0.2, -0.15) is 16.8 Å². The van der Waals surface area contributed by atoms with E-state index in [1.54, 1.807) is 12.1 Å². The molecule has 0 bridgehead atoms. The number of aromatic nitrogens is 4. The smallest absolute Gasteiger partial charge is 0.294 e. The summed E-state index contributed by atoms with van der Waals surface area (Å²) >= 11 is 0. The fourth-order valence-corrected chi connectivity index (χ4v) is 4.14. The van der Waals surface area contributed by atoms with Gasteiger partial charge in [0.25, 0.3) is 20.2 Å². The van der Waals surface area contributed by atoms with Crippen LogP contribution in [0, 0.1) is 0 Å². The predicted octanol–water partition coefficient (Wildman–Crippen LogP) is 2.86. The van der Waals surface area contributed by atoms with Crippen molar-refractivity contribution in [3.63, 3.8) is 0 Å². The molecule has 0 amide bonds. The van der Waals surface area contributed by atoms with E-state index in [0.29, 0.717) is 45.2 Å².